The maximum absolute atomic E-state index is 4.68. The minimum Gasteiger partial charge on any atom is -0.183 e. The molecule has 5 heteroatoms. The van der Waals surface area contributed by atoms with Crippen LogP contribution in [0.4, 0.5) is 0 Å². The maximum atomic E-state index is 4.68. The first-order chi connectivity index (χ1) is 8.92. The lowest BCUT2D eigenvalue weighted by atomic mass is 9.86. The van der Waals surface area contributed by atoms with Crippen LogP contribution in [0.2, 0.25) is 0 Å². The average molecular weight is 256 g/mol. The summed E-state index contributed by atoms with van der Waals surface area (Å²) < 4.78 is 1.88. The quantitative estimate of drug-likeness (QED) is 0.707. The summed E-state index contributed by atoms with van der Waals surface area (Å²) >= 11 is 1.67. The highest BCUT2D eigenvalue weighted by Gasteiger charge is 2.24. The van der Waals surface area contributed by atoms with Gasteiger partial charge in [-0.25, -0.2) is 0 Å². The summed E-state index contributed by atoms with van der Waals surface area (Å²) in [5.74, 6) is 1.49. The Bertz CT molecular complexity index is 681. The van der Waals surface area contributed by atoms with Crippen molar-refractivity contribution in [1.82, 2.24) is 19.8 Å². The van der Waals surface area contributed by atoms with Gasteiger partial charge in [0, 0.05) is 11.5 Å². The number of hydrogen-bond acceptors (Lipinski definition) is 4. The van der Waals surface area contributed by atoms with Crippen molar-refractivity contribution in [2.24, 2.45) is 0 Å². The Kier molecular flexibility index (Phi) is 2.20. The van der Waals surface area contributed by atoms with Crippen molar-refractivity contribution in [1.29, 1.82) is 0 Å². The molecule has 0 bridgehead atoms. The van der Waals surface area contributed by atoms with E-state index in [0.717, 1.165) is 16.3 Å². The first kappa shape index (κ1) is 10.2. The van der Waals surface area contributed by atoms with Crippen LogP contribution in [-0.2, 0) is 0 Å². The van der Waals surface area contributed by atoms with Gasteiger partial charge >= 0.3 is 0 Å². The van der Waals surface area contributed by atoms with Crippen molar-refractivity contribution in [3.8, 4) is 11.4 Å². The summed E-state index contributed by atoms with van der Waals surface area (Å²) in [5.41, 5.74) is 1.07. The second-order valence-electron chi connectivity index (χ2n) is 4.65. The Morgan fingerprint density at radius 1 is 1.11 bits per heavy atom. The van der Waals surface area contributed by atoms with Crippen molar-refractivity contribution < 1.29 is 0 Å². The molecule has 1 saturated carbocycles. The van der Waals surface area contributed by atoms with E-state index < -0.39 is 0 Å². The van der Waals surface area contributed by atoms with Gasteiger partial charge in [0.15, 0.2) is 5.82 Å². The van der Waals surface area contributed by atoms with Gasteiger partial charge in [0.1, 0.15) is 5.01 Å². The Labute approximate surface area is 108 Å². The smallest absolute Gasteiger partial charge is 0.183 e. The Hall–Kier alpha value is -1.75. The van der Waals surface area contributed by atoms with E-state index in [1.165, 1.54) is 24.3 Å². The first-order valence-electron chi connectivity index (χ1n) is 6.19. The molecule has 4 rings (SSSR count). The van der Waals surface area contributed by atoms with E-state index in [-0.39, 0.29) is 0 Å². The monoisotopic (exact) mass is 256 g/mol. The van der Waals surface area contributed by atoms with E-state index in [2.05, 4.69) is 15.3 Å². The fourth-order valence-corrected chi connectivity index (χ4v) is 3.23. The molecule has 1 aliphatic carbocycles. The number of hydrogen-bond donors (Lipinski definition) is 0. The van der Waals surface area contributed by atoms with Gasteiger partial charge in [0.25, 0.3) is 0 Å². The van der Waals surface area contributed by atoms with Crippen LogP contribution >= 0.6 is 11.3 Å². The highest BCUT2D eigenvalue weighted by molar-refractivity contribution is 7.16. The molecule has 0 saturated heterocycles. The fourth-order valence-electron chi connectivity index (χ4n) is 2.22. The number of fused-ring (bicyclic) bond motifs is 1. The number of aromatic nitrogens is 4. The van der Waals surface area contributed by atoms with Crippen LogP contribution in [0.15, 0.2) is 30.3 Å². The molecule has 0 atom stereocenters. The number of rotatable bonds is 2. The average Bonchev–Trinajstić information content (AvgIpc) is 2.87. The van der Waals surface area contributed by atoms with E-state index in [0.29, 0.717) is 5.92 Å². The predicted molar refractivity (Wildman–Crippen MR) is 70.7 cm³/mol. The summed E-state index contributed by atoms with van der Waals surface area (Å²) in [6.45, 7) is 0. The molecule has 4 nitrogen and oxygen atoms in total. The van der Waals surface area contributed by atoms with Gasteiger partial charge < -0.3 is 0 Å². The lowest BCUT2D eigenvalue weighted by Crippen LogP contribution is -2.08. The van der Waals surface area contributed by atoms with Gasteiger partial charge in [-0.3, -0.25) is 0 Å². The molecule has 1 aliphatic rings. The molecule has 2 heterocycles. The van der Waals surface area contributed by atoms with Crippen molar-refractivity contribution in [3.05, 3.63) is 35.3 Å². The van der Waals surface area contributed by atoms with E-state index >= 15 is 0 Å². The van der Waals surface area contributed by atoms with E-state index in [1.54, 1.807) is 11.3 Å². The van der Waals surface area contributed by atoms with Crippen LogP contribution in [0.25, 0.3) is 16.3 Å². The standard InChI is InChI=1S/C13H12N4S/c1-2-5-9(6-3-1)11-14-15-13-17(11)16-12(18-13)10-7-4-8-10/h1-3,5-6,10H,4,7-8H2. The molecule has 0 amide bonds. The summed E-state index contributed by atoms with van der Waals surface area (Å²) in [6.07, 6.45) is 3.87. The molecule has 90 valence electrons. The summed E-state index contributed by atoms with van der Waals surface area (Å²) in [4.78, 5) is 0.899. The maximum Gasteiger partial charge on any atom is 0.234 e. The Morgan fingerprint density at radius 2 is 1.94 bits per heavy atom. The van der Waals surface area contributed by atoms with E-state index in [1.807, 2.05) is 34.8 Å². The molecule has 0 N–H and O–H groups in total. The molecule has 1 aromatic carbocycles. The second-order valence-corrected chi connectivity index (χ2v) is 5.64. The normalized spacial score (nSPS) is 16.0. The predicted octanol–water partition coefficient (Wildman–Crippen LogP) is 3.12. The second kappa shape index (κ2) is 3.88. The van der Waals surface area contributed by atoms with Crippen LogP contribution < -0.4 is 0 Å². The van der Waals surface area contributed by atoms with Crippen LogP contribution in [-0.4, -0.2) is 19.8 Å². The van der Waals surface area contributed by atoms with Gasteiger partial charge in [-0.15, -0.1) is 10.2 Å². The molecule has 2 aromatic heterocycles. The minimum absolute atomic E-state index is 0.653. The van der Waals surface area contributed by atoms with Crippen molar-refractivity contribution in [2.75, 3.05) is 0 Å². The molecular weight excluding hydrogens is 244 g/mol. The molecule has 0 aliphatic heterocycles. The Morgan fingerprint density at radius 3 is 2.67 bits per heavy atom. The summed E-state index contributed by atoms with van der Waals surface area (Å²) in [6, 6.07) is 10.1. The van der Waals surface area contributed by atoms with Crippen molar-refractivity contribution >= 4 is 16.3 Å². The van der Waals surface area contributed by atoms with Crippen LogP contribution in [0.3, 0.4) is 0 Å². The zero-order valence-corrected chi connectivity index (χ0v) is 10.6. The molecule has 0 radical (unpaired) electrons. The van der Waals surface area contributed by atoms with Crippen LogP contribution in [0.1, 0.15) is 30.2 Å². The first-order valence-corrected chi connectivity index (χ1v) is 7.01. The topological polar surface area (TPSA) is 43.1 Å². The van der Waals surface area contributed by atoms with Gasteiger partial charge in [-0.2, -0.15) is 9.61 Å². The van der Waals surface area contributed by atoms with Crippen molar-refractivity contribution in [2.45, 2.75) is 25.2 Å². The van der Waals surface area contributed by atoms with Gasteiger partial charge in [-0.1, -0.05) is 48.1 Å². The number of benzene rings is 1. The molecule has 0 spiro atoms. The molecular formula is C13H12N4S. The lowest BCUT2D eigenvalue weighted by Gasteiger charge is -2.21. The minimum atomic E-state index is 0.653. The third-order valence-electron chi connectivity index (χ3n) is 3.49. The fraction of sp³-hybridized carbons (Fsp3) is 0.308. The van der Waals surface area contributed by atoms with Crippen LogP contribution in [0.5, 0.6) is 0 Å². The molecule has 18 heavy (non-hydrogen) atoms. The SMILES string of the molecule is c1ccc(-c2nnc3sc(C4CCC4)nn23)cc1. The highest BCUT2D eigenvalue weighted by Crippen LogP contribution is 2.38. The third-order valence-corrected chi connectivity index (χ3v) is 4.55. The van der Waals surface area contributed by atoms with E-state index in [4.69, 9.17) is 0 Å². The molecule has 1 fully saturated rings. The van der Waals surface area contributed by atoms with Gasteiger partial charge in [-0.05, 0) is 12.8 Å². The zero-order chi connectivity index (χ0) is 11.9. The van der Waals surface area contributed by atoms with Gasteiger partial charge in [0.2, 0.25) is 4.96 Å². The summed E-state index contributed by atoms with van der Waals surface area (Å²) in [5, 5.41) is 14.3. The highest BCUT2D eigenvalue weighted by atomic mass is 32.1. The Balaban J connectivity index is 1.83. The van der Waals surface area contributed by atoms with Crippen LogP contribution in [0, 0.1) is 0 Å². The van der Waals surface area contributed by atoms with Gasteiger partial charge in [0.05, 0.1) is 0 Å². The number of nitrogens with zero attached hydrogens (tertiary/aromatic N) is 4. The van der Waals surface area contributed by atoms with E-state index in [9.17, 15) is 0 Å². The summed E-state index contributed by atoms with van der Waals surface area (Å²) in [7, 11) is 0. The van der Waals surface area contributed by atoms with Crippen molar-refractivity contribution in [3.63, 3.8) is 0 Å². The molecule has 0 unspecified atom stereocenters. The zero-order valence-electron chi connectivity index (χ0n) is 9.78. The molecule has 3 aromatic rings. The largest absolute Gasteiger partial charge is 0.234 e. The lowest BCUT2D eigenvalue weighted by molar-refractivity contribution is 0.415. The third kappa shape index (κ3) is 1.47.